The van der Waals surface area contributed by atoms with Gasteiger partial charge in [-0.2, -0.15) is 0 Å². The van der Waals surface area contributed by atoms with Gasteiger partial charge in [-0.05, 0) is 56.7 Å². The average molecular weight is 343 g/mol. The maximum Gasteiger partial charge on any atom is 0.308 e. The van der Waals surface area contributed by atoms with E-state index in [2.05, 4.69) is 4.98 Å². The Hall–Kier alpha value is -2.30. The zero-order chi connectivity index (χ0) is 17.8. The van der Waals surface area contributed by atoms with Gasteiger partial charge in [0.15, 0.2) is 5.78 Å². The van der Waals surface area contributed by atoms with E-state index in [-0.39, 0.29) is 17.7 Å². The van der Waals surface area contributed by atoms with E-state index in [9.17, 15) is 9.59 Å². The molecule has 1 aromatic carbocycles. The number of fused-ring (bicyclic) bond motifs is 1. The van der Waals surface area contributed by atoms with Gasteiger partial charge in [-0.3, -0.25) is 9.59 Å². The molecule has 0 aliphatic heterocycles. The summed E-state index contributed by atoms with van der Waals surface area (Å²) in [5, 5.41) is 0.907. The molecule has 1 N–H and O–H groups in total. The summed E-state index contributed by atoms with van der Waals surface area (Å²) in [6, 6.07) is 5.70. The SMILES string of the molecule is CCOC(=O)C1CCC(CC(=O)c2c[nH]c3ccc(OC)cc23)CC1. The van der Waals surface area contributed by atoms with Crippen molar-refractivity contribution in [2.45, 2.75) is 39.0 Å². The van der Waals surface area contributed by atoms with Gasteiger partial charge in [0.05, 0.1) is 19.6 Å². The molecular weight excluding hydrogens is 318 g/mol. The van der Waals surface area contributed by atoms with Gasteiger partial charge in [0, 0.05) is 29.1 Å². The van der Waals surface area contributed by atoms with Crippen LogP contribution in [-0.2, 0) is 9.53 Å². The Bertz CT molecular complexity index is 756. The molecule has 0 spiro atoms. The molecule has 1 heterocycles. The number of H-pyrrole nitrogens is 1. The summed E-state index contributed by atoms with van der Waals surface area (Å²) in [6.07, 6.45) is 5.76. The molecule has 1 aromatic heterocycles. The number of carbonyl (C=O) groups is 2. The molecule has 134 valence electrons. The molecule has 1 aliphatic carbocycles. The third-order valence-corrected chi connectivity index (χ3v) is 5.13. The predicted molar refractivity (Wildman–Crippen MR) is 95.9 cm³/mol. The van der Waals surface area contributed by atoms with Crippen molar-refractivity contribution in [3.8, 4) is 5.75 Å². The van der Waals surface area contributed by atoms with Crippen molar-refractivity contribution in [2.75, 3.05) is 13.7 Å². The molecule has 0 atom stereocenters. The van der Waals surface area contributed by atoms with Gasteiger partial charge in [-0.1, -0.05) is 0 Å². The van der Waals surface area contributed by atoms with Crippen LogP contribution in [0.25, 0.3) is 10.9 Å². The highest BCUT2D eigenvalue weighted by molar-refractivity contribution is 6.08. The zero-order valence-electron chi connectivity index (χ0n) is 14.8. The first-order valence-corrected chi connectivity index (χ1v) is 8.97. The molecule has 0 unspecified atom stereocenters. The molecule has 25 heavy (non-hydrogen) atoms. The van der Waals surface area contributed by atoms with E-state index in [0.29, 0.717) is 18.9 Å². The van der Waals surface area contributed by atoms with Crippen LogP contribution in [0.1, 0.15) is 49.4 Å². The summed E-state index contributed by atoms with van der Waals surface area (Å²) in [5.41, 5.74) is 1.66. The Labute approximate surface area is 147 Å². The zero-order valence-corrected chi connectivity index (χ0v) is 14.8. The first-order chi connectivity index (χ1) is 12.1. The fourth-order valence-corrected chi connectivity index (χ4v) is 3.69. The van der Waals surface area contributed by atoms with Crippen molar-refractivity contribution in [2.24, 2.45) is 11.8 Å². The van der Waals surface area contributed by atoms with Gasteiger partial charge < -0.3 is 14.5 Å². The number of rotatable bonds is 6. The van der Waals surface area contributed by atoms with E-state index in [1.165, 1.54) is 0 Å². The number of aromatic nitrogens is 1. The Balaban J connectivity index is 1.63. The van der Waals surface area contributed by atoms with Gasteiger partial charge in [-0.15, -0.1) is 0 Å². The summed E-state index contributed by atoms with van der Waals surface area (Å²) >= 11 is 0. The first kappa shape index (κ1) is 17.5. The van der Waals surface area contributed by atoms with Crippen LogP contribution in [-0.4, -0.2) is 30.5 Å². The Morgan fingerprint density at radius 3 is 2.64 bits per heavy atom. The number of nitrogens with one attached hydrogen (secondary N) is 1. The van der Waals surface area contributed by atoms with Crippen LogP contribution in [0.2, 0.25) is 0 Å². The van der Waals surface area contributed by atoms with E-state index in [1.807, 2.05) is 25.1 Å². The van der Waals surface area contributed by atoms with E-state index in [1.54, 1.807) is 13.3 Å². The number of ether oxygens (including phenoxy) is 2. The van der Waals surface area contributed by atoms with Crippen molar-refractivity contribution < 1.29 is 19.1 Å². The number of ketones is 1. The number of Topliss-reactive ketones (excluding diaryl/α,β-unsaturated/α-hetero) is 1. The lowest BCUT2D eigenvalue weighted by molar-refractivity contribution is -0.149. The largest absolute Gasteiger partial charge is 0.497 e. The number of hydrogen-bond donors (Lipinski definition) is 1. The van der Waals surface area contributed by atoms with Crippen LogP contribution >= 0.6 is 0 Å². The quantitative estimate of drug-likeness (QED) is 0.633. The lowest BCUT2D eigenvalue weighted by Gasteiger charge is -2.26. The molecular formula is C20H25NO4. The Kier molecular flexibility index (Phi) is 5.41. The highest BCUT2D eigenvalue weighted by Gasteiger charge is 2.28. The fourth-order valence-electron chi connectivity index (χ4n) is 3.69. The number of benzene rings is 1. The molecule has 3 rings (SSSR count). The molecule has 5 nitrogen and oxygen atoms in total. The topological polar surface area (TPSA) is 68.4 Å². The maximum atomic E-state index is 12.8. The summed E-state index contributed by atoms with van der Waals surface area (Å²) in [4.78, 5) is 27.7. The van der Waals surface area contributed by atoms with Gasteiger partial charge in [0.25, 0.3) is 0 Å². The summed E-state index contributed by atoms with van der Waals surface area (Å²) in [7, 11) is 1.62. The average Bonchev–Trinajstić information content (AvgIpc) is 3.05. The van der Waals surface area contributed by atoms with E-state index < -0.39 is 0 Å². The summed E-state index contributed by atoms with van der Waals surface area (Å²) in [5.74, 6) is 1.16. The monoisotopic (exact) mass is 343 g/mol. The van der Waals surface area contributed by atoms with Gasteiger partial charge in [0.2, 0.25) is 0 Å². The molecule has 1 fully saturated rings. The minimum Gasteiger partial charge on any atom is -0.497 e. The standard InChI is InChI=1S/C20H25NO4/c1-3-25-20(23)14-6-4-13(5-7-14)10-19(22)17-12-21-18-9-8-15(24-2)11-16(17)18/h8-9,11-14,21H,3-7,10H2,1-2H3. The second-order valence-corrected chi connectivity index (χ2v) is 6.71. The normalized spacial score (nSPS) is 20.4. The van der Waals surface area contributed by atoms with Gasteiger partial charge >= 0.3 is 5.97 Å². The minimum absolute atomic E-state index is 0.00338. The van der Waals surface area contributed by atoms with Crippen molar-refractivity contribution in [3.63, 3.8) is 0 Å². The highest BCUT2D eigenvalue weighted by atomic mass is 16.5. The van der Waals surface area contributed by atoms with E-state index in [0.717, 1.165) is 47.9 Å². The van der Waals surface area contributed by atoms with Crippen LogP contribution in [0.4, 0.5) is 0 Å². The minimum atomic E-state index is -0.0870. The summed E-state index contributed by atoms with van der Waals surface area (Å²) in [6.45, 7) is 2.26. The fraction of sp³-hybridized carbons (Fsp3) is 0.500. The summed E-state index contributed by atoms with van der Waals surface area (Å²) < 4.78 is 10.4. The lowest BCUT2D eigenvalue weighted by Crippen LogP contribution is -2.24. The Morgan fingerprint density at radius 1 is 1.20 bits per heavy atom. The molecule has 2 aromatic rings. The third kappa shape index (κ3) is 3.86. The first-order valence-electron chi connectivity index (χ1n) is 8.97. The second-order valence-electron chi connectivity index (χ2n) is 6.71. The molecule has 0 amide bonds. The maximum absolute atomic E-state index is 12.8. The molecule has 1 aliphatic rings. The number of carbonyl (C=O) groups excluding carboxylic acids is 2. The molecule has 1 saturated carbocycles. The molecule has 5 heteroatoms. The Morgan fingerprint density at radius 2 is 1.96 bits per heavy atom. The van der Waals surface area contributed by atoms with Crippen LogP contribution in [0.15, 0.2) is 24.4 Å². The molecule has 0 bridgehead atoms. The molecule has 0 radical (unpaired) electrons. The van der Waals surface area contributed by atoms with Crippen molar-refractivity contribution in [1.29, 1.82) is 0 Å². The third-order valence-electron chi connectivity index (χ3n) is 5.13. The van der Waals surface area contributed by atoms with Crippen molar-refractivity contribution in [3.05, 3.63) is 30.0 Å². The van der Waals surface area contributed by atoms with Crippen LogP contribution < -0.4 is 4.74 Å². The number of esters is 1. The van der Waals surface area contributed by atoms with Crippen molar-refractivity contribution >= 4 is 22.7 Å². The van der Waals surface area contributed by atoms with Crippen LogP contribution in [0.3, 0.4) is 0 Å². The molecule has 0 saturated heterocycles. The highest BCUT2D eigenvalue weighted by Crippen LogP contribution is 2.33. The van der Waals surface area contributed by atoms with Crippen LogP contribution in [0.5, 0.6) is 5.75 Å². The smallest absolute Gasteiger partial charge is 0.308 e. The van der Waals surface area contributed by atoms with E-state index in [4.69, 9.17) is 9.47 Å². The number of hydrogen-bond acceptors (Lipinski definition) is 4. The van der Waals surface area contributed by atoms with Crippen LogP contribution in [0, 0.1) is 11.8 Å². The number of aromatic amines is 1. The van der Waals surface area contributed by atoms with Crippen molar-refractivity contribution in [1.82, 2.24) is 4.98 Å². The van der Waals surface area contributed by atoms with Gasteiger partial charge in [0.1, 0.15) is 5.75 Å². The van der Waals surface area contributed by atoms with Gasteiger partial charge in [-0.25, -0.2) is 0 Å². The van der Waals surface area contributed by atoms with E-state index >= 15 is 0 Å². The lowest BCUT2D eigenvalue weighted by atomic mass is 9.79. The number of methoxy groups -OCH3 is 1. The second kappa shape index (κ2) is 7.72. The predicted octanol–water partition coefficient (Wildman–Crippen LogP) is 4.12.